The number of ether oxygens (including phenoxy) is 4. The minimum Gasteiger partial charge on any atom is -0.462 e. The zero-order valence-corrected chi connectivity index (χ0v) is 18.0. The van der Waals surface area contributed by atoms with Crippen molar-refractivity contribution < 1.29 is 42.9 Å². The fourth-order valence-corrected chi connectivity index (χ4v) is 5.78. The highest BCUT2D eigenvalue weighted by atomic mass is 32.2. The molecule has 11 heteroatoms. The van der Waals surface area contributed by atoms with Crippen LogP contribution in [-0.4, -0.2) is 75.8 Å². The Morgan fingerprint density at radius 1 is 1.10 bits per heavy atom. The minimum absolute atomic E-state index is 0.286. The quantitative estimate of drug-likeness (QED) is 0.431. The Labute approximate surface area is 172 Å². The van der Waals surface area contributed by atoms with E-state index in [9.17, 15) is 24.0 Å². The smallest absolute Gasteiger partial charge is 0.330 e. The van der Waals surface area contributed by atoms with E-state index in [0.717, 1.165) is 13.8 Å². The lowest BCUT2D eigenvalue weighted by Gasteiger charge is -2.47. The van der Waals surface area contributed by atoms with Gasteiger partial charge in [0.05, 0.1) is 0 Å². The molecule has 2 rings (SSSR count). The standard InChI is InChI=1S/C18H25NO9S/c1-9(20)19-14-16(24)26-8-18(19,29-17(14,5)6)15(28-12(4)23)13(27-11(3)22)7-25-10(2)21/h13-15H,7-8H2,1-6H3/t13-,14+,15-,18-/m0/s1. The zero-order chi connectivity index (χ0) is 22.1. The second-order valence-corrected chi connectivity index (χ2v) is 9.39. The van der Waals surface area contributed by atoms with Crippen LogP contribution in [0.25, 0.3) is 0 Å². The monoisotopic (exact) mass is 431 g/mol. The van der Waals surface area contributed by atoms with E-state index in [2.05, 4.69) is 0 Å². The van der Waals surface area contributed by atoms with Crippen molar-refractivity contribution in [1.82, 2.24) is 4.90 Å². The van der Waals surface area contributed by atoms with E-state index in [-0.39, 0.29) is 6.61 Å². The van der Waals surface area contributed by atoms with Gasteiger partial charge in [0.1, 0.15) is 19.3 Å². The molecule has 2 saturated heterocycles. The van der Waals surface area contributed by atoms with Gasteiger partial charge in [-0.05, 0) is 13.8 Å². The van der Waals surface area contributed by atoms with E-state index >= 15 is 0 Å². The van der Waals surface area contributed by atoms with Crippen molar-refractivity contribution in [1.29, 1.82) is 0 Å². The number of nitrogens with zero attached hydrogens (tertiary/aromatic N) is 1. The summed E-state index contributed by atoms with van der Waals surface area (Å²) in [5.41, 5.74) is 0. The SMILES string of the molecule is CC(=O)OC[C@H](OC(C)=O)[C@H](OC(C)=O)[C@@]12COC(=O)[C@@H](N1C(C)=O)C(C)(C)S2. The lowest BCUT2D eigenvalue weighted by atomic mass is 9.94. The molecule has 0 unspecified atom stereocenters. The molecule has 0 aromatic rings. The van der Waals surface area contributed by atoms with Gasteiger partial charge in [-0.2, -0.15) is 0 Å². The molecule has 0 aromatic carbocycles. The van der Waals surface area contributed by atoms with Crippen LogP contribution in [0.1, 0.15) is 41.5 Å². The fourth-order valence-electron chi connectivity index (χ4n) is 3.79. The van der Waals surface area contributed by atoms with Crippen LogP contribution < -0.4 is 0 Å². The van der Waals surface area contributed by atoms with E-state index in [0.29, 0.717) is 0 Å². The van der Waals surface area contributed by atoms with Crippen molar-refractivity contribution in [2.75, 3.05) is 13.2 Å². The van der Waals surface area contributed by atoms with Crippen molar-refractivity contribution >= 4 is 41.5 Å². The Morgan fingerprint density at radius 3 is 2.17 bits per heavy atom. The molecule has 0 radical (unpaired) electrons. The number of hydrogen-bond donors (Lipinski definition) is 0. The molecule has 2 heterocycles. The van der Waals surface area contributed by atoms with Gasteiger partial charge in [0.2, 0.25) is 5.91 Å². The van der Waals surface area contributed by atoms with E-state index in [1.165, 1.54) is 30.5 Å². The molecular weight excluding hydrogens is 406 g/mol. The number of thioether (sulfide) groups is 1. The highest BCUT2D eigenvalue weighted by Gasteiger charge is 2.69. The second kappa shape index (κ2) is 8.21. The largest absolute Gasteiger partial charge is 0.462 e. The van der Waals surface area contributed by atoms with Gasteiger partial charge >= 0.3 is 23.9 Å². The molecule has 4 atom stereocenters. The summed E-state index contributed by atoms with van der Waals surface area (Å²) < 4.78 is 20.4. The number of carbonyl (C=O) groups excluding carboxylic acids is 5. The van der Waals surface area contributed by atoms with Gasteiger partial charge < -0.3 is 23.8 Å². The summed E-state index contributed by atoms with van der Waals surface area (Å²) >= 11 is 1.22. The molecule has 2 aliphatic heterocycles. The van der Waals surface area contributed by atoms with E-state index < -0.39 is 64.3 Å². The number of amides is 1. The third-order valence-corrected chi connectivity index (χ3v) is 6.24. The summed E-state index contributed by atoms with van der Waals surface area (Å²) in [4.78, 5) is 59.9. The van der Waals surface area contributed by atoms with E-state index in [1.807, 2.05) is 0 Å². The van der Waals surface area contributed by atoms with Gasteiger partial charge in [0.15, 0.2) is 17.1 Å². The number of morpholine rings is 1. The number of fused-ring (bicyclic) bond motifs is 2. The Kier molecular flexibility index (Phi) is 6.51. The summed E-state index contributed by atoms with van der Waals surface area (Å²) in [6, 6.07) is -0.927. The van der Waals surface area contributed by atoms with Gasteiger partial charge in [0, 0.05) is 32.4 Å². The number of cyclic esters (lactones) is 1. The molecule has 0 aliphatic carbocycles. The highest BCUT2D eigenvalue weighted by Crippen LogP contribution is 2.56. The van der Waals surface area contributed by atoms with Gasteiger partial charge in [-0.1, -0.05) is 0 Å². The Bertz CT molecular complexity index is 737. The van der Waals surface area contributed by atoms with Crippen LogP contribution in [0.2, 0.25) is 0 Å². The maximum Gasteiger partial charge on any atom is 0.330 e. The topological polar surface area (TPSA) is 126 Å². The fraction of sp³-hybridized carbons (Fsp3) is 0.722. The third kappa shape index (κ3) is 4.49. The average molecular weight is 431 g/mol. The molecule has 2 fully saturated rings. The van der Waals surface area contributed by atoms with Crippen LogP contribution in [0.5, 0.6) is 0 Å². The number of rotatable bonds is 6. The van der Waals surface area contributed by atoms with Gasteiger partial charge in [-0.25, -0.2) is 4.79 Å². The van der Waals surface area contributed by atoms with Crippen LogP contribution in [0.4, 0.5) is 0 Å². The Morgan fingerprint density at radius 2 is 1.69 bits per heavy atom. The van der Waals surface area contributed by atoms with Crippen LogP contribution in [0, 0.1) is 0 Å². The van der Waals surface area contributed by atoms with Crippen LogP contribution >= 0.6 is 11.8 Å². The molecule has 1 amide bonds. The minimum atomic E-state index is -1.36. The first-order valence-corrected chi connectivity index (χ1v) is 9.78. The van der Waals surface area contributed by atoms with Gasteiger partial charge in [-0.15, -0.1) is 11.8 Å². The number of carbonyl (C=O) groups is 5. The third-order valence-electron chi connectivity index (χ3n) is 4.59. The molecule has 0 saturated carbocycles. The molecule has 29 heavy (non-hydrogen) atoms. The number of esters is 4. The summed E-state index contributed by atoms with van der Waals surface area (Å²) in [7, 11) is 0. The van der Waals surface area contributed by atoms with Crippen molar-refractivity contribution in [3.05, 3.63) is 0 Å². The first kappa shape index (κ1) is 23.0. The first-order valence-electron chi connectivity index (χ1n) is 8.96. The van der Waals surface area contributed by atoms with Crippen LogP contribution in [0.15, 0.2) is 0 Å². The normalized spacial score (nSPS) is 26.8. The van der Waals surface area contributed by atoms with Crippen LogP contribution in [0.3, 0.4) is 0 Å². The molecule has 162 valence electrons. The zero-order valence-electron chi connectivity index (χ0n) is 17.2. The number of hydrogen-bond acceptors (Lipinski definition) is 10. The van der Waals surface area contributed by atoms with Crippen molar-refractivity contribution in [2.24, 2.45) is 0 Å². The molecular formula is C18H25NO9S. The molecule has 0 spiro atoms. The summed E-state index contributed by atoms with van der Waals surface area (Å²) in [5.74, 6) is -3.03. The summed E-state index contributed by atoms with van der Waals surface area (Å²) in [5, 5.41) is 0. The maximum absolute atomic E-state index is 12.6. The molecule has 0 N–H and O–H groups in total. The summed E-state index contributed by atoms with van der Waals surface area (Å²) in [6.45, 7) is 7.63. The van der Waals surface area contributed by atoms with E-state index in [1.54, 1.807) is 13.8 Å². The predicted octanol–water partition coefficient (Wildman–Crippen LogP) is 0.409. The molecule has 0 aromatic heterocycles. The van der Waals surface area contributed by atoms with Crippen molar-refractivity contribution in [3.8, 4) is 0 Å². The molecule has 2 bridgehead atoms. The predicted molar refractivity (Wildman–Crippen MR) is 99.4 cm³/mol. The average Bonchev–Trinajstić information content (AvgIpc) is 2.76. The van der Waals surface area contributed by atoms with Gasteiger partial charge in [-0.3, -0.25) is 19.2 Å². The lowest BCUT2D eigenvalue weighted by molar-refractivity contribution is -0.197. The highest BCUT2D eigenvalue weighted by molar-refractivity contribution is 8.02. The van der Waals surface area contributed by atoms with Crippen molar-refractivity contribution in [3.63, 3.8) is 0 Å². The lowest BCUT2D eigenvalue weighted by Crippen LogP contribution is -2.68. The van der Waals surface area contributed by atoms with E-state index in [4.69, 9.17) is 18.9 Å². The molecule has 10 nitrogen and oxygen atoms in total. The Balaban J connectivity index is 2.59. The maximum atomic E-state index is 12.6. The first-order chi connectivity index (χ1) is 13.3. The Hall–Kier alpha value is -2.30. The van der Waals surface area contributed by atoms with Gasteiger partial charge in [0.25, 0.3) is 0 Å². The van der Waals surface area contributed by atoms with Crippen LogP contribution in [-0.2, 0) is 42.9 Å². The molecule has 2 aliphatic rings. The summed E-state index contributed by atoms with van der Waals surface area (Å²) in [6.07, 6.45) is -2.48. The second-order valence-electron chi connectivity index (χ2n) is 7.43. The van der Waals surface area contributed by atoms with Crippen molar-refractivity contribution in [2.45, 2.75) is 69.4 Å².